The highest BCUT2D eigenvalue weighted by Gasteiger charge is 2.23. The summed E-state index contributed by atoms with van der Waals surface area (Å²) >= 11 is 1.24. The van der Waals surface area contributed by atoms with Crippen LogP contribution in [0.5, 0.6) is 5.75 Å². The minimum absolute atomic E-state index is 0.120. The lowest BCUT2D eigenvalue weighted by Gasteiger charge is -2.16. The zero-order chi connectivity index (χ0) is 17.0. The Morgan fingerprint density at radius 1 is 1.30 bits per heavy atom. The molecule has 2 rings (SSSR count). The Labute approximate surface area is 140 Å². The van der Waals surface area contributed by atoms with Crippen molar-refractivity contribution in [3.63, 3.8) is 0 Å². The maximum atomic E-state index is 12.5. The molecule has 23 heavy (non-hydrogen) atoms. The molecule has 0 aliphatic rings. The molecule has 0 saturated carbocycles. The van der Waals surface area contributed by atoms with Gasteiger partial charge in [0.05, 0.1) is 6.61 Å². The second-order valence-corrected chi connectivity index (χ2v) is 7.75. The fourth-order valence-electron chi connectivity index (χ4n) is 1.83. The predicted molar refractivity (Wildman–Crippen MR) is 91.1 cm³/mol. The normalized spacial score (nSPS) is 11.7. The van der Waals surface area contributed by atoms with Crippen molar-refractivity contribution in [2.75, 3.05) is 26.0 Å². The van der Waals surface area contributed by atoms with Crippen LogP contribution in [0.1, 0.15) is 19.7 Å². The van der Waals surface area contributed by atoms with Crippen LogP contribution in [0, 0.1) is 0 Å². The monoisotopic (exact) mass is 356 g/mol. The van der Waals surface area contributed by atoms with Crippen molar-refractivity contribution in [2.45, 2.75) is 25.2 Å². The summed E-state index contributed by atoms with van der Waals surface area (Å²) < 4.78 is 35.7. The Kier molecular flexibility index (Phi) is 5.55. The van der Waals surface area contributed by atoms with E-state index in [1.165, 1.54) is 25.6 Å². The number of nitrogens with zero attached hydrogens (tertiary/aromatic N) is 3. The van der Waals surface area contributed by atoms with Gasteiger partial charge in [0.15, 0.2) is 0 Å². The molecule has 0 bridgehead atoms. The number of sulfonamides is 1. The molecule has 1 N–H and O–H groups in total. The Bertz CT molecular complexity index is 772. The number of aryl methyl sites for hydroxylation is 1. The fraction of sp³-hybridized carbons (Fsp3) is 0.429. The van der Waals surface area contributed by atoms with Gasteiger partial charge >= 0.3 is 0 Å². The van der Waals surface area contributed by atoms with Gasteiger partial charge in [-0.05, 0) is 25.1 Å². The average Bonchev–Trinajstić information content (AvgIpc) is 2.96. The first-order valence-corrected chi connectivity index (χ1v) is 9.38. The summed E-state index contributed by atoms with van der Waals surface area (Å²) in [4.78, 5) is 4.43. The molecule has 1 aromatic heterocycles. The highest BCUT2D eigenvalue weighted by Crippen LogP contribution is 2.30. The maximum absolute atomic E-state index is 12.5. The van der Waals surface area contributed by atoms with Crippen LogP contribution in [-0.4, -0.2) is 42.8 Å². The molecule has 0 atom stereocenters. The molecule has 0 unspecified atom stereocenters. The van der Waals surface area contributed by atoms with Gasteiger partial charge < -0.3 is 10.1 Å². The summed E-state index contributed by atoms with van der Waals surface area (Å²) in [6.07, 6.45) is 0.752. The average molecular weight is 356 g/mol. The Hall–Kier alpha value is -1.71. The highest BCUT2D eigenvalue weighted by molar-refractivity contribution is 7.89. The molecule has 1 aromatic carbocycles. The van der Waals surface area contributed by atoms with Gasteiger partial charge in [-0.25, -0.2) is 17.7 Å². The molecular weight excluding hydrogens is 336 g/mol. The summed E-state index contributed by atoms with van der Waals surface area (Å²) in [6, 6.07) is 4.95. The van der Waals surface area contributed by atoms with Crippen LogP contribution in [0.15, 0.2) is 23.1 Å². The van der Waals surface area contributed by atoms with Gasteiger partial charge in [-0.1, -0.05) is 6.92 Å². The zero-order valence-electron chi connectivity index (χ0n) is 13.5. The number of benzene rings is 1. The van der Waals surface area contributed by atoms with E-state index in [9.17, 15) is 8.42 Å². The quantitative estimate of drug-likeness (QED) is 0.820. The first kappa shape index (κ1) is 17.6. The molecule has 0 radical (unpaired) electrons. The van der Waals surface area contributed by atoms with Crippen LogP contribution in [0.3, 0.4) is 0 Å². The maximum Gasteiger partial charge on any atom is 0.246 e. The van der Waals surface area contributed by atoms with E-state index in [1.54, 1.807) is 18.2 Å². The standard InChI is InChI=1S/C14H20N4O3S2/c1-5-13-16-14(22-17-13)15-10-7-8-11(21-6-2)12(9-10)23(19,20)18(3)4/h7-9H,5-6H2,1-4H3,(H,15,16,17). The third-order valence-electron chi connectivity index (χ3n) is 3.04. The largest absolute Gasteiger partial charge is 0.492 e. The minimum Gasteiger partial charge on any atom is -0.492 e. The molecule has 0 fully saturated rings. The van der Waals surface area contributed by atoms with Crippen molar-refractivity contribution < 1.29 is 13.2 Å². The molecule has 7 nitrogen and oxygen atoms in total. The number of hydrogen-bond acceptors (Lipinski definition) is 7. The fourth-order valence-corrected chi connectivity index (χ4v) is 3.55. The number of anilines is 2. The van der Waals surface area contributed by atoms with Gasteiger partial charge in [0.2, 0.25) is 15.2 Å². The Balaban J connectivity index is 2.39. The SMILES string of the molecule is CCOc1ccc(Nc2nc(CC)ns2)cc1S(=O)(=O)N(C)C. The second-order valence-electron chi connectivity index (χ2n) is 4.88. The third-order valence-corrected chi connectivity index (χ3v) is 5.54. The topological polar surface area (TPSA) is 84.4 Å². The summed E-state index contributed by atoms with van der Waals surface area (Å²) in [6.45, 7) is 4.18. The number of nitrogens with one attached hydrogen (secondary N) is 1. The predicted octanol–water partition coefficient (Wildman–Crippen LogP) is 2.49. The lowest BCUT2D eigenvalue weighted by Crippen LogP contribution is -2.23. The van der Waals surface area contributed by atoms with Crippen molar-refractivity contribution in [1.29, 1.82) is 0 Å². The molecule has 0 spiro atoms. The molecular formula is C14H20N4O3S2. The number of hydrogen-bond donors (Lipinski definition) is 1. The zero-order valence-corrected chi connectivity index (χ0v) is 15.2. The van der Waals surface area contributed by atoms with Gasteiger partial charge in [0, 0.05) is 37.7 Å². The van der Waals surface area contributed by atoms with E-state index in [-0.39, 0.29) is 4.90 Å². The summed E-state index contributed by atoms with van der Waals surface area (Å²) in [7, 11) is -0.629. The van der Waals surface area contributed by atoms with E-state index in [0.29, 0.717) is 23.2 Å². The highest BCUT2D eigenvalue weighted by atomic mass is 32.2. The summed E-state index contributed by atoms with van der Waals surface area (Å²) in [5, 5.41) is 3.71. The first-order chi connectivity index (χ1) is 10.9. The number of rotatable bonds is 7. The van der Waals surface area contributed by atoms with E-state index in [1.807, 2.05) is 13.8 Å². The Morgan fingerprint density at radius 3 is 2.61 bits per heavy atom. The molecule has 0 aliphatic heterocycles. The summed E-state index contributed by atoms with van der Waals surface area (Å²) in [5.74, 6) is 1.09. The summed E-state index contributed by atoms with van der Waals surface area (Å²) in [5.41, 5.74) is 0.618. The first-order valence-electron chi connectivity index (χ1n) is 7.17. The van der Waals surface area contributed by atoms with Crippen molar-refractivity contribution in [2.24, 2.45) is 0 Å². The number of aromatic nitrogens is 2. The minimum atomic E-state index is -3.61. The second kappa shape index (κ2) is 7.24. The molecule has 2 aromatic rings. The molecule has 126 valence electrons. The third kappa shape index (κ3) is 3.98. The number of ether oxygens (including phenoxy) is 1. The van der Waals surface area contributed by atoms with Crippen LogP contribution in [0.25, 0.3) is 0 Å². The van der Waals surface area contributed by atoms with Gasteiger partial charge in [0.25, 0.3) is 0 Å². The van der Waals surface area contributed by atoms with E-state index >= 15 is 0 Å². The van der Waals surface area contributed by atoms with Gasteiger partial charge in [-0.3, -0.25) is 0 Å². The molecule has 0 aliphatic carbocycles. The molecule has 0 amide bonds. The van der Waals surface area contributed by atoms with Crippen molar-refractivity contribution in [3.8, 4) is 5.75 Å². The van der Waals surface area contributed by atoms with Crippen molar-refractivity contribution in [3.05, 3.63) is 24.0 Å². The molecule has 0 saturated heterocycles. The van der Waals surface area contributed by atoms with Crippen LogP contribution in [0.4, 0.5) is 10.8 Å². The van der Waals surface area contributed by atoms with E-state index in [2.05, 4.69) is 14.7 Å². The molecule has 1 heterocycles. The van der Waals surface area contributed by atoms with Gasteiger partial charge in [-0.2, -0.15) is 4.37 Å². The van der Waals surface area contributed by atoms with Crippen LogP contribution < -0.4 is 10.1 Å². The lowest BCUT2D eigenvalue weighted by molar-refractivity contribution is 0.330. The van der Waals surface area contributed by atoms with E-state index in [4.69, 9.17) is 4.74 Å². The van der Waals surface area contributed by atoms with Crippen LogP contribution >= 0.6 is 11.5 Å². The van der Waals surface area contributed by atoms with E-state index in [0.717, 1.165) is 16.6 Å². The molecule has 9 heteroatoms. The van der Waals surface area contributed by atoms with Crippen LogP contribution in [0.2, 0.25) is 0 Å². The van der Waals surface area contributed by atoms with E-state index < -0.39 is 10.0 Å². The van der Waals surface area contributed by atoms with Crippen molar-refractivity contribution >= 4 is 32.4 Å². The van der Waals surface area contributed by atoms with Gasteiger partial charge in [0.1, 0.15) is 16.5 Å². The van der Waals surface area contributed by atoms with Gasteiger partial charge in [-0.15, -0.1) is 0 Å². The van der Waals surface area contributed by atoms with Crippen molar-refractivity contribution in [1.82, 2.24) is 13.7 Å². The Morgan fingerprint density at radius 2 is 2.04 bits per heavy atom. The lowest BCUT2D eigenvalue weighted by atomic mass is 10.3. The smallest absolute Gasteiger partial charge is 0.246 e. The van der Waals surface area contributed by atoms with Crippen LogP contribution in [-0.2, 0) is 16.4 Å².